The highest BCUT2D eigenvalue weighted by Gasteiger charge is 2.54. The molecule has 40 heavy (non-hydrogen) atoms. The monoisotopic (exact) mass is 553 g/mol. The van der Waals surface area contributed by atoms with Crippen LogP contribution < -0.4 is 15.4 Å². The maximum Gasteiger partial charge on any atom is 0.405 e. The van der Waals surface area contributed by atoms with Crippen LogP contribution in [0.2, 0.25) is 0 Å². The van der Waals surface area contributed by atoms with Gasteiger partial charge in [-0.1, -0.05) is 36.4 Å². The molecule has 0 saturated carbocycles. The lowest BCUT2D eigenvalue weighted by Crippen LogP contribution is -2.62. The highest BCUT2D eigenvalue weighted by atomic mass is 19.1. The molecule has 2 aromatic carbocycles. The SMILES string of the molecule is CN1N=C2CCN(C(=O)C(COc3cccc(F)c3)NC(=O)C(C)(C)NC(=O)O)CC2(Cc2ccccc2)C1=O. The topological polar surface area (TPSA) is 141 Å². The van der Waals surface area contributed by atoms with Gasteiger partial charge in [-0.3, -0.25) is 14.4 Å². The molecule has 0 spiro atoms. The summed E-state index contributed by atoms with van der Waals surface area (Å²) in [6, 6.07) is 13.5. The lowest BCUT2D eigenvalue weighted by Gasteiger charge is -2.40. The number of carbonyl (C=O) groups is 4. The van der Waals surface area contributed by atoms with Gasteiger partial charge in [0, 0.05) is 32.6 Å². The van der Waals surface area contributed by atoms with Gasteiger partial charge in [0.15, 0.2) is 0 Å². The molecule has 1 fully saturated rings. The highest BCUT2D eigenvalue weighted by molar-refractivity contribution is 6.13. The van der Waals surface area contributed by atoms with Gasteiger partial charge in [0.25, 0.3) is 5.91 Å². The molecule has 12 heteroatoms. The maximum absolute atomic E-state index is 13.9. The summed E-state index contributed by atoms with van der Waals surface area (Å²) in [6.45, 7) is 2.65. The average Bonchev–Trinajstić information content (AvgIpc) is 3.14. The number of benzene rings is 2. The molecule has 4 rings (SSSR count). The number of amides is 4. The van der Waals surface area contributed by atoms with Gasteiger partial charge < -0.3 is 25.4 Å². The van der Waals surface area contributed by atoms with Crippen LogP contribution in [0.3, 0.4) is 0 Å². The number of hydrogen-bond donors (Lipinski definition) is 3. The van der Waals surface area contributed by atoms with Crippen molar-refractivity contribution >= 4 is 29.5 Å². The summed E-state index contributed by atoms with van der Waals surface area (Å²) < 4.78 is 19.4. The van der Waals surface area contributed by atoms with Crippen LogP contribution in [-0.2, 0) is 20.8 Å². The minimum Gasteiger partial charge on any atom is -0.491 e. The molecule has 2 aromatic rings. The Balaban J connectivity index is 1.60. The van der Waals surface area contributed by atoms with E-state index in [4.69, 9.17) is 9.84 Å². The summed E-state index contributed by atoms with van der Waals surface area (Å²) in [5.74, 6) is -1.90. The number of hydrogen-bond acceptors (Lipinski definition) is 6. The zero-order valence-corrected chi connectivity index (χ0v) is 22.5. The Morgan fingerprint density at radius 1 is 1.18 bits per heavy atom. The number of nitrogens with zero attached hydrogens (tertiary/aromatic N) is 3. The Morgan fingerprint density at radius 2 is 1.90 bits per heavy atom. The third-order valence-electron chi connectivity index (χ3n) is 7.07. The summed E-state index contributed by atoms with van der Waals surface area (Å²) >= 11 is 0. The van der Waals surface area contributed by atoms with Gasteiger partial charge in [-0.25, -0.2) is 14.2 Å². The molecule has 0 aromatic heterocycles. The van der Waals surface area contributed by atoms with E-state index in [9.17, 15) is 23.6 Å². The largest absolute Gasteiger partial charge is 0.491 e. The van der Waals surface area contributed by atoms with E-state index in [1.165, 1.54) is 42.0 Å². The van der Waals surface area contributed by atoms with Crippen LogP contribution in [0.1, 0.15) is 25.8 Å². The van der Waals surface area contributed by atoms with Crippen LogP contribution in [-0.4, -0.2) is 82.9 Å². The predicted molar refractivity (Wildman–Crippen MR) is 143 cm³/mol. The second-order valence-electron chi connectivity index (χ2n) is 10.5. The van der Waals surface area contributed by atoms with Crippen LogP contribution in [0.15, 0.2) is 59.7 Å². The summed E-state index contributed by atoms with van der Waals surface area (Å²) in [4.78, 5) is 53.1. The standard InChI is InChI=1S/C28H32FN5O6/c1-27(2,31-26(38)39)24(36)30-21(16-40-20-11-7-10-19(29)14-20)23(35)34-13-12-22-28(17-34,25(37)33(3)32-22)15-18-8-5-4-6-9-18/h4-11,14,21,31H,12-13,15-17H2,1-3H3,(H,30,36)(H,38,39). The highest BCUT2D eigenvalue weighted by Crippen LogP contribution is 2.38. The number of hydrazone groups is 1. The Labute approximate surface area is 231 Å². The van der Waals surface area contributed by atoms with Gasteiger partial charge in [-0.05, 0) is 38.0 Å². The zero-order valence-electron chi connectivity index (χ0n) is 22.5. The number of carbonyl (C=O) groups excluding carboxylic acids is 3. The second-order valence-corrected chi connectivity index (χ2v) is 10.5. The van der Waals surface area contributed by atoms with Crippen molar-refractivity contribution < 1.29 is 33.4 Å². The summed E-state index contributed by atoms with van der Waals surface area (Å²) in [5.41, 5.74) is -1.03. The zero-order chi connectivity index (χ0) is 29.1. The number of rotatable bonds is 9. The lowest BCUT2D eigenvalue weighted by molar-refractivity contribution is -0.143. The van der Waals surface area contributed by atoms with Crippen LogP contribution in [0, 0.1) is 11.2 Å². The van der Waals surface area contributed by atoms with Crippen molar-refractivity contribution in [2.45, 2.75) is 38.3 Å². The predicted octanol–water partition coefficient (Wildman–Crippen LogP) is 2.02. The van der Waals surface area contributed by atoms with Crippen LogP contribution >= 0.6 is 0 Å². The van der Waals surface area contributed by atoms with E-state index in [-0.39, 0.29) is 31.4 Å². The van der Waals surface area contributed by atoms with Crippen LogP contribution in [0.4, 0.5) is 9.18 Å². The summed E-state index contributed by atoms with van der Waals surface area (Å²) in [6.07, 6.45) is -0.716. The Bertz CT molecular complexity index is 1330. The molecule has 2 atom stereocenters. The normalized spacial score (nSPS) is 19.4. The quantitative estimate of drug-likeness (QED) is 0.434. The molecule has 11 nitrogen and oxygen atoms in total. The van der Waals surface area contributed by atoms with Gasteiger partial charge in [-0.15, -0.1) is 0 Å². The first-order chi connectivity index (χ1) is 18.9. The fourth-order valence-corrected chi connectivity index (χ4v) is 5.01. The van der Waals surface area contributed by atoms with E-state index < -0.39 is 40.7 Å². The van der Waals surface area contributed by atoms with Crippen molar-refractivity contribution in [2.24, 2.45) is 10.5 Å². The van der Waals surface area contributed by atoms with Crippen molar-refractivity contribution in [3.8, 4) is 5.75 Å². The number of piperidine rings is 1. The van der Waals surface area contributed by atoms with E-state index in [0.717, 1.165) is 11.6 Å². The first kappa shape index (κ1) is 28.5. The molecule has 212 valence electrons. The van der Waals surface area contributed by atoms with E-state index in [1.807, 2.05) is 30.3 Å². The Kier molecular flexibility index (Phi) is 8.08. The molecule has 2 aliphatic rings. The Morgan fingerprint density at radius 3 is 2.58 bits per heavy atom. The molecule has 3 N–H and O–H groups in total. The average molecular weight is 554 g/mol. The third-order valence-corrected chi connectivity index (χ3v) is 7.07. The smallest absolute Gasteiger partial charge is 0.405 e. The molecule has 0 aliphatic carbocycles. The fraction of sp³-hybridized carbons (Fsp3) is 0.393. The van der Waals surface area contributed by atoms with E-state index in [0.29, 0.717) is 18.6 Å². The van der Waals surface area contributed by atoms with Gasteiger partial charge in [-0.2, -0.15) is 5.10 Å². The number of fused-ring (bicyclic) bond motifs is 1. The third kappa shape index (κ3) is 6.05. The summed E-state index contributed by atoms with van der Waals surface area (Å²) in [5, 5.41) is 19.6. The molecule has 2 heterocycles. The minimum atomic E-state index is -1.57. The first-order valence-electron chi connectivity index (χ1n) is 12.8. The number of ether oxygens (including phenoxy) is 1. The molecule has 1 saturated heterocycles. The van der Waals surface area contributed by atoms with Gasteiger partial charge in [0.2, 0.25) is 11.8 Å². The first-order valence-corrected chi connectivity index (χ1v) is 12.8. The van der Waals surface area contributed by atoms with Crippen LogP contribution in [0.25, 0.3) is 0 Å². The van der Waals surface area contributed by atoms with Gasteiger partial charge in [0.05, 0.1) is 5.71 Å². The fourth-order valence-electron chi connectivity index (χ4n) is 5.01. The molecule has 2 unspecified atom stereocenters. The van der Waals surface area contributed by atoms with E-state index in [2.05, 4.69) is 15.7 Å². The Hall–Kier alpha value is -4.48. The molecule has 2 aliphatic heterocycles. The van der Waals surface area contributed by atoms with Gasteiger partial charge in [0.1, 0.15) is 35.2 Å². The van der Waals surface area contributed by atoms with Gasteiger partial charge >= 0.3 is 6.09 Å². The molecule has 0 bridgehead atoms. The minimum absolute atomic E-state index is 0.0336. The van der Waals surface area contributed by atoms with Crippen molar-refractivity contribution in [3.05, 3.63) is 66.0 Å². The molecular formula is C28H32FN5O6. The molecule has 4 amide bonds. The van der Waals surface area contributed by atoms with Crippen molar-refractivity contribution in [2.75, 3.05) is 26.7 Å². The maximum atomic E-state index is 13.9. The van der Waals surface area contributed by atoms with Crippen molar-refractivity contribution in [1.29, 1.82) is 0 Å². The molecular weight excluding hydrogens is 521 g/mol. The van der Waals surface area contributed by atoms with Crippen molar-refractivity contribution in [1.82, 2.24) is 20.5 Å². The lowest BCUT2D eigenvalue weighted by atomic mass is 9.73. The van der Waals surface area contributed by atoms with Crippen molar-refractivity contribution in [3.63, 3.8) is 0 Å². The number of nitrogens with one attached hydrogen (secondary N) is 2. The van der Waals surface area contributed by atoms with Crippen LogP contribution in [0.5, 0.6) is 5.75 Å². The number of halogens is 1. The second kappa shape index (κ2) is 11.3. The van der Waals surface area contributed by atoms with E-state index in [1.54, 1.807) is 7.05 Å². The summed E-state index contributed by atoms with van der Waals surface area (Å²) in [7, 11) is 1.58. The number of carboxylic acid groups (broad SMARTS) is 1. The van der Waals surface area contributed by atoms with E-state index >= 15 is 0 Å². The number of likely N-dealkylation sites (tertiary alicyclic amines) is 1. The molecule has 0 radical (unpaired) electrons.